The Balaban J connectivity index is 0.00000338. The lowest BCUT2D eigenvalue weighted by Crippen LogP contribution is -2.35. The topological polar surface area (TPSA) is 66.5 Å². The van der Waals surface area contributed by atoms with Crippen LogP contribution >= 0.6 is 12.4 Å². The van der Waals surface area contributed by atoms with Gasteiger partial charge in [0.15, 0.2) is 9.84 Å². The summed E-state index contributed by atoms with van der Waals surface area (Å²) in [5.74, 6) is 1.14. The van der Waals surface area contributed by atoms with Gasteiger partial charge in [-0.05, 0) is 62.4 Å². The molecule has 1 fully saturated rings. The molecule has 0 radical (unpaired) electrons. The Morgan fingerprint density at radius 3 is 2.23 bits per heavy atom. The highest BCUT2D eigenvalue weighted by atomic mass is 35.5. The van der Waals surface area contributed by atoms with E-state index >= 15 is 0 Å². The van der Waals surface area contributed by atoms with E-state index in [9.17, 15) is 13.2 Å². The van der Waals surface area contributed by atoms with Gasteiger partial charge in [-0.1, -0.05) is 19.1 Å². The molecule has 1 aliphatic heterocycles. The predicted molar refractivity (Wildman–Crippen MR) is 107 cm³/mol. The van der Waals surface area contributed by atoms with Crippen LogP contribution in [-0.2, 0) is 14.6 Å². The number of nitrogens with zero attached hydrogens (tertiary/aromatic N) is 1. The third-order valence-corrected chi connectivity index (χ3v) is 6.58. The van der Waals surface area contributed by atoms with Crippen LogP contribution in [0.4, 0.5) is 0 Å². The van der Waals surface area contributed by atoms with E-state index in [1.807, 2.05) is 14.0 Å². The Morgan fingerprint density at radius 1 is 1.19 bits per heavy atom. The molecular weight excluding hydrogens is 372 g/mol. The van der Waals surface area contributed by atoms with Crippen molar-refractivity contribution in [2.75, 3.05) is 26.4 Å². The Kier molecular flexibility index (Phi) is 8.57. The number of halogens is 1. The number of amides is 1. The van der Waals surface area contributed by atoms with E-state index in [2.05, 4.69) is 12.2 Å². The van der Waals surface area contributed by atoms with Crippen LogP contribution in [0.15, 0.2) is 29.2 Å². The van der Waals surface area contributed by atoms with E-state index in [0.29, 0.717) is 23.2 Å². The number of carbonyl (C=O) groups is 1. The van der Waals surface area contributed by atoms with E-state index in [1.54, 1.807) is 29.2 Å². The molecule has 1 amide bonds. The van der Waals surface area contributed by atoms with Crippen molar-refractivity contribution in [2.24, 2.45) is 11.8 Å². The predicted octanol–water partition coefficient (Wildman–Crippen LogP) is 3.06. The molecule has 0 aromatic heterocycles. The zero-order chi connectivity index (χ0) is 18.6. The van der Waals surface area contributed by atoms with Gasteiger partial charge in [0.05, 0.1) is 10.9 Å². The minimum Gasteiger partial charge on any atom is -0.339 e. The molecule has 2 rings (SSSR count). The van der Waals surface area contributed by atoms with Crippen molar-refractivity contribution < 1.29 is 13.2 Å². The number of hydrogen-bond donors (Lipinski definition) is 1. The number of sulfone groups is 1. The van der Waals surface area contributed by atoms with Crippen molar-refractivity contribution in [3.05, 3.63) is 29.8 Å². The number of nitrogens with one attached hydrogen (secondary N) is 1. The van der Waals surface area contributed by atoms with Crippen molar-refractivity contribution >= 4 is 28.2 Å². The average Bonchev–Trinajstić information content (AvgIpc) is 2.60. The minimum absolute atomic E-state index is 0. The molecular formula is C19H31ClN2O3S. The third kappa shape index (κ3) is 5.96. The second-order valence-corrected chi connectivity index (χ2v) is 9.31. The van der Waals surface area contributed by atoms with Gasteiger partial charge in [0.25, 0.3) is 0 Å². The van der Waals surface area contributed by atoms with Gasteiger partial charge in [-0.15, -0.1) is 12.4 Å². The van der Waals surface area contributed by atoms with Crippen LogP contribution < -0.4 is 5.32 Å². The minimum atomic E-state index is -3.20. The summed E-state index contributed by atoms with van der Waals surface area (Å²) in [6.45, 7) is 6.24. The third-order valence-electron chi connectivity index (χ3n) is 5.45. The normalized spacial score (nSPS) is 17.8. The van der Waals surface area contributed by atoms with Crippen LogP contribution in [0, 0.1) is 11.8 Å². The first kappa shape index (κ1) is 22.9. The molecule has 1 heterocycles. The van der Waals surface area contributed by atoms with Crippen LogP contribution in [0.3, 0.4) is 0 Å². The lowest BCUT2D eigenvalue weighted by molar-refractivity contribution is -0.133. The van der Waals surface area contributed by atoms with Crippen molar-refractivity contribution in [3.8, 4) is 0 Å². The van der Waals surface area contributed by atoms with Crippen LogP contribution in [0.1, 0.15) is 44.7 Å². The monoisotopic (exact) mass is 402 g/mol. The molecule has 0 bridgehead atoms. The highest BCUT2D eigenvalue weighted by Gasteiger charge is 2.25. The summed E-state index contributed by atoms with van der Waals surface area (Å²) in [4.78, 5) is 14.7. The SMILES string of the molecule is CC(CC(=O)N(C)C(C)c1ccc(S(C)(=O)=O)cc1)C1CCNCC1.Cl. The van der Waals surface area contributed by atoms with Crippen LogP contribution in [0.5, 0.6) is 0 Å². The van der Waals surface area contributed by atoms with Gasteiger partial charge in [-0.25, -0.2) is 8.42 Å². The Morgan fingerprint density at radius 2 is 1.73 bits per heavy atom. The Bertz CT molecular complexity index is 685. The standard InChI is InChI=1S/C19H30N2O3S.ClH/c1-14(16-9-11-20-12-10-16)13-19(22)21(3)15(2)17-5-7-18(8-6-17)25(4,23)24;/h5-8,14-16,20H,9-13H2,1-4H3;1H. The van der Waals surface area contributed by atoms with Gasteiger partial charge in [0.2, 0.25) is 5.91 Å². The molecule has 148 valence electrons. The van der Waals surface area contributed by atoms with Gasteiger partial charge in [-0.3, -0.25) is 4.79 Å². The van der Waals surface area contributed by atoms with Crippen molar-refractivity contribution in [2.45, 2.75) is 44.0 Å². The lowest BCUT2D eigenvalue weighted by atomic mass is 9.84. The highest BCUT2D eigenvalue weighted by Crippen LogP contribution is 2.27. The molecule has 7 heteroatoms. The first-order valence-corrected chi connectivity index (χ1v) is 10.9. The molecule has 1 aliphatic rings. The fourth-order valence-corrected chi connectivity index (χ4v) is 4.06. The smallest absolute Gasteiger partial charge is 0.223 e. The maximum atomic E-state index is 12.7. The van der Waals surface area contributed by atoms with E-state index in [1.165, 1.54) is 6.26 Å². The second-order valence-electron chi connectivity index (χ2n) is 7.29. The molecule has 1 N–H and O–H groups in total. The number of benzene rings is 1. The lowest BCUT2D eigenvalue weighted by Gasteiger charge is -2.31. The van der Waals surface area contributed by atoms with E-state index < -0.39 is 9.84 Å². The highest BCUT2D eigenvalue weighted by molar-refractivity contribution is 7.90. The molecule has 2 atom stereocenters. The van der Waals surface area contributed by atoms with E-state index in [0.717, 1.165) is 31.5 Å². The molecule has 0 spiro atoms. The second kappa shape index (κ2) is 9.72. The van der Waals surface area contributed by atoms with Crippen molar-refractivity contribution in [1.29, 1.82) is 0 Å². The summed E-state index contributed by atoms with van der Waals surface area (Å²) in [7, 11) is -1.37. The molecule has 5 nitrogen and oxygen atoms in total. The van der Waals surface area contributed by atoms with Gasteiger partial charge in [0.1, 0.15) is 0 Å². The first-order valence-electron chi connectivity index (χ1n) is 8.96. The summed E-state index contributed by atoms with van der Waals surface area (Å²) < 4.78 is 23.1. The van der Waals surface area contributed by atoms with Gasteiger partial charge >= 0.3 is 0 Å². The Hall–Kier alpha value is -1.11. The number of hydrogen-bond acceptors (Lipinski definition) is 4. The summed E-state index contributed by atoms with van der Waals surface area (Å²) in [6.07, 6.45) is 4.04. The molecule has 1 aromatic carbocycles. The van der Waals surface area contributed by atoms with E-state index in [4.69, 9.17) is 0 Å². The first-order chi connectivity index (χ1) is 11.7. The molecule has 26 heavy (non-hydrogen) atoms. The average molecular weight is 403 g/mol. The number of carbonyl (C=O) groups excluding carboxylic acids is 1. The maximum Gasteiger partial charge on any atom is 0.223 e. The summed E-state index contributed by atoms with van der Waals surface area (Å²) in [5.41, 5.74) is 0.942. The van der Waals surface area contributed by atoms with E-state index in [-0.39, 0.29) is 24.4 Å². The number of piperidine rings is 1. The van der Waals surface area contributed by atoms with Gasteiger partial charge in [0, 0.05) is 19.7 Å². The molecule has 0 aliphatic carbocycles. The molecule has 0 saturated carbocycles. The van der Waals surface area contributed by atoms with Crippen LogP contribution in [0.25, 0.3) is 0 Å². The van der Waals surface area contributed by atoms with Crippen LogP contribution in [-0.4, -0.2) is 45.6 Å². The zero-order valence-corrected chi connectivity index (χ0v) is 17.7. The Labute approximate surface area is 163 Å². The summed E-state index contributed by atoms with van der Waals surface area (Å²) in [6, 6.07) is 6.72. The zero-order valence-electron chi connectivity index (χ0n) is 16.1. The fraction of sp³-hybridized carbons (Fsp3) is 0.632. The maximum absolute atomic E-state index is 12.7. The summed E-state index contributed by atoms with van der Waals surface area (Å²) >= 11 is 0. The quantitative estimate of drug-likeness (QED) is 0.794. The fourth-order valence-electron chi connectivity index (χ4n) is 3.43. The molecule has 1 saturated heterocycles. The molecule has 2 unspecified atom stereocenters. The van der Waals surface area contributed by atoms with Crippen molar-refractivity contribution in [3.63, 3.8) is 0 Å². The van der Waals surface area contributed by atoms with Crippen LogP contribution in [0.2, 0.25) is 0 Å². The molecule has 1 aromatic rings. The summed E-state index contributed by atoms with van der Waals surface area (Å²) in [5, 5.41) is 3.36. The number of rotatable bonds is 6. The largest absolute Gasteiger partial charge is 0.339 e. The van der Waals surface area contributed by atoms with Gasteiger partial charge < -0.3 is 10.2 Å². The van der Waals surface area contributed by atoms with Gasteiger partial charge in [-0.2, -0.15) is 0 Å². The van der Waals surface area contributed by atoms with Crippen molar-refractivity contribution in [1.82, 2.24) is 10.2 Å².